The lowest BCUT2D eigenvalue weighted by molar-refractivity contribution is -0.150. The first kappa shape index (κ1) is 27.9. The van der Waals surface area contributed by atoms with E-state index in [1.165, 1.54) is 6.20 Å². The number of carbonyl (C=O) groups is 1. The molecule has 3 heterocycles. The van der Waals surface area contributed by atoms with Crippen LogP contribution < -0.4 is 9.47 Å². The van der Waals surface area contributed by atoms with Crippen LogP contribution in [0.25, 0.3) is 11.3 Å². The Morgan fingerprint density at radius 1 is 1.00 bits per heavy atom. The molecule has 0 radical (unpaired) electrons. The summed E-state index contributed by atoms with van der Waals surface area (Å²) in [5, 5.41) is 14.8. The van der Waals surface area contributed by atoms with Crippen molar-refractivity contribution in [3.63, 3.8) is 0 Å². The van der Waals surface area contributed by atoms with E-state index in [1.54, 1.807) is 18.5 Å². The Balaban J connectivity index is 1.00. The Kier molecular flexibility index (Phi) is 7.31. The average Bonchev–Trinajstić information content (AvgIpc) is 3.94. The van der Waals surface area contributed by atoms with Gasteiger partial charge in [0, 0.05) is 40.9 Å². The molecule has 5 fully saturated rings. The predicted octanol–water partition coefficient (Wildman–Crippen LogP) is 7.49. The van der Waals surface area contributed by atoms with Gasteiger partial charge in [-0.25, -0.2) is 9.78 Å². The van der Waals surface area contributed by atoms with E-state index >= 15 is 0 Å². The van der Waals surface area contributed by atoms with E-state index in [-0.39, 0.29) is 22.5 Å². The van der Waals surface area contributed by atoms with E-state index in [2.05, 4.69) is 15.1 Å². The van der Waals surface area contributed by atoms with Crippen molar-refractivity contribution >= 4 is 29.2 Å². The van der Waals surface area contributed by atoms with Gasteiger partial charge in [-0.05, 0) is 70.1 Å². The predicted molar refractivity (Wildman–Crippen MR) is 154 cm³/mol. The molecule has 42 heavy (non-hydrogen) atoms. The molecule has 0 atom stereocenters. The number of pyridine rings is 2. The molecule has 5 saturated carbocycles. The summed E-state index contributed by atoms with van der Waals surface area (Å²) in [5.41, 5.74) is 2.00. The SMILES string of the molecule is O=C(O)c1ncc(OCC23CCC(OCc4c(-c5c(Cl)cncc5Cl)noc4C4CC4)(CC2)CC3)cc1OCC1CC1. The Morgan fingerprint density at radius 3 is 2.36 bits per heavy atom. The molecular weight excluding hydrogens is 581 g/mol. The second kappa shape index (κ2) is 11.0. The number of aromatic nitrogens is 3. The summed E-state index contributed by atoms with van der Waals surface area (Å²) in [6.07, 6.45) is 14.8. The highest BCUT2D eigenvalue weighted by molar-refractivity contribution is 6.38. The third-order valence-corrected chi connectivity index (χ3v) is 10.0. The first-order valence-electron chi connectivity index (χ1n) is 14.7. The van der Waals surface area contributed by atoms with Crippen LogP contribution >= 0.6 is 23.2 Å². The lowest BCUT2D eigenvalue weighted by Gasteiger charge is -2.52. The Labute approximate surface area is 253 Å². The highest BCUT2D eigenvalue weighted by Gasteiger charge is 2.50. The number of carboxylic acid groups (broad SMARTS) is 1. The molecule has 0 spiro atoms. The summed E-state index contributed by atoms with van der Waals surface area (Å²) in [4.78, 5) is 19.8. The van der Waals surface area contributed by atoms with E-state index in [9.17, 15) is 9.90 Å². The average molecular weight is 615 g/mol. The van der Waals surface area contributed by atoms with E-state index in [0.29, 0.717) is 58.7 Å². The van der Waals surface area contributed by atoms with Gasteiger partial charge in [0.15, 0.2) is 11.4 Å². The van der Waals surface area contributed by atoms with Crippen molar-refractivity contribution in [2.45, 2.75) is 82.3 Å². The fourth-order valence-electron chi connectivity index (χ4n) is 6.35. The highest BCUT2D eigenvalue weighted by atomic mass is 35.5. The number of fused-ring (bicyclic) bond motifs is 3. The van der Waals surface area contributed by atoms with Crippen LogP contribution in [0, 0.1) is 11.3 Å². The van der Waals surface area contributed by atoms with Crippen molar-refractivity contribution in [3.05, 3.63) is 51.7 Å². The summed E-state index contributed by atoms with van der Waals surface area (Å²) in [7, 11) is 0. The molecule has 3 aromatic rings. The zero-order valence-corrected chi connectivity index (χ0v) is 24.8. The Bertz CT molecular complexity index is 1460. The maximum Gasteiger partial charge on any atom is 0.358 e. The second-order valence-electron chi connectivity index (χ2n) is 12.5. The van der Waals surface area contributed by atoms with Gasteiger partial charge in [0.25, 0.3) is 0 Å². The van der Waals surface area contributed by atoms with E-state index in [1.807, 2.05) is 0 Å². The fraction of sp³-hybridized carbons (Fsp3) is 0.548. The smallest absolute Gasteiger partial charge is 0.358 e. The van der Waals surface area contributed by atoms with Crippen LogP contribution in [0.1, 0.15) is 91.9 Å². The number of nitrogens with zero attached hydrogens (tertiary/aromatic N) is 3. The van der Waals surface area contributed by atoms with Crippen molar-refractivity contribution in [2.24, 2.45) is 11.3 Å². The molecule has 1 N–H and O–H groups in total. The monoisotopic (exact) mass is 613 g/mol. The molecule has 9 nitrogen and oxygen atoms in total. The summed E-state index contributed by atoms with van der Waals surface area (Å²) in [6.45, 7) is 1.47. The molecule has 11 heteroatoms. The third kappa shape index (κ3) is 5.58. The van der Waals surface area contributed by atoms with Gasteiger partial charge in [0.1, 0.15) is 17.2 Å². The molecule has 8 rings (SSSR count). The number of carboxylic acids is 1. The van der Waals surface area contributed by atoms with Crippen LogP contribution in [0.15, 0.2) is 29.2 Å². The molecule has 0 saturated heterocycles. The summed E-state index contributed by atoms with van der Waals surface area (Å²) >= 11 is 13.0. The van der Waals surface area contributed by atoms with Crippen molar-refractivity contribution in [1.29, 1.82) is 0 Å². The van der Waals surface area contributed by atoms with E-state index in [0.717, 1.165) is 75.5 Å². The van der Waals surface area contributed by atoms with Gasteiger partial charge < -0.3 is 23.8 Å². The molecule has 5 aliphatic carbocycles. The van der Waals surface area contributed by atoms with E-state index < -0.39 is 5.97 Å². The van der Waals surface area contributed by atoms with Crippen LogP contribution in [0.4, 0.5) is 0 Å². The van der Waals surface area contributed by atoms with E-state index in [4.69, 9.17) is 41.9 Å². The minimum atomic E-state index is -1.10. The molecule has 0 aliphatic heterocycles. The molecule has 3 aromatic heterocycles. The number of hydrogen-bond donors (Lipinski definition) is 1. The van der Waals surface area contributed by atoms with Gasteiger partial charge in [-0.1, -0.05) is 28.4 Å². The number of hydrogen-bond acceptors (Lipinski definition) is 8. The lowest BCUT2D eigenvalue weighted by Crippen LogP contribution is -2.49. The molecule has 2 bridgehead atoms. The molecule has 222 valence electrons. The lowest BCUT2D eigenvalue weighted by atomic mass is 9.59. The van der Waals surface area contributed by atoms with Crippen LogP contribution in [0.2, 0.25) is 10.0 Å². The maximum absolute atomic E-state index is 11.6. The zero-order valence-electron chi connectivity index (χ0n) is 23.2. The van der Waals surface area contributed by atoms with Crippen LogP contribution in [-0.2, 0) is 11.3 Å². The third-order valence-electron chi connectivity index (χ3n) is 9.46. The summed E-state index contributed by atoms with van der Waals surface area (Å²) < 4.78 is 24.6. The minimum Gasteiger partial charge on any atom is -0.491 e. The van der Waals surface area contributed by atoms with Gasteiger partial charge >= 0.3 is 5.97 Å². The maximum atomic E-state index is 11.6. The largest absolute Gasteiger partial charge is 0.491 e. The first-order chi connectivity index (χ1) is 20.3. The van der Waals surface area contributed by atoms with Crippen molar-refractivity contribution < 1.29 is 28.6 Å². The van der Waals surface area contributed by atoms with Crippen LogP contribution in [0.3, 0.4) is 0 Å². The first-order valence-corrected chi connectivity index (χ1v) is 15.5. The Hall–Kier alpha value is -2.88. The molecule has 0 unspecified atom stereocenters. The number of rotatable bonds is 12. The van der Waals surface area contributed by atoms with Crippen molar-refractivity contribution in [3.8, 4) is 22.8 Å². The highest BCUT2D eigenvalue weighted by Crippen LogP contribution is 2.55. The quantitative estimate of drug-likeness (QED) is 0.221. The van der Waals surface area contributed by atoms with Crippen molar-refractivity contribution in [1.82, 2.24) is 15.1 Å². The standard InChI is InChI=1S/C31H33Cl2N3O6/c32-22-13-34-14-23(33)25(22)26-21(28(42-36-26)19-3-4-19)16-41-31-8-5-30(6-9-31,7-10-31)17-40-20-11-24(39-15-18-1-2-18)27(29(37)38)35-12-20/h11-14,18-19H,1-10,15-17H2,(H,37,38). The number of halogens is 2. The molecule has 5 aliphatic rings. The van der Waals surface area contributed by atoms with Gasteiger partial charge in [-0.15, -0.1) is 0 Å². The minimum absolute atomic E-state index is 0.0607. The molecule has 0 aromatic carbocycles. The normalized spacial score (nSPS) is 25.0. The van der Waals surface area contributed by atoms with Crippen LogP contribution in [0.5, 0.6) is 11.5 Å². The van der Waals surface area contributed by atoms with Crippen LogP contribution in [-0.4, -0.2) is 45.0 Å². The van der Waals surface area contributed by atoms with Gasteiger partial charge in [0.05, 0.1) is 41.7 Å². The number of aromatic carboxylic acids is 1. The summed E-state index contributed by atoms with van der Waals surface area (Å²) in [6, 6.07) is 1.67. The van der Waals surface area contributed by atoms with Gasteiger partial charge in [0.2, 0.25) is 0 Å². The van der Waals surface area contributed by atoms with Gasteiger partial charge in [-0.3, -0.25) is 4.98 Å². The van der Waals surface area contributed by atoms with Gasteiger partial charge in [-0.2, -0.15) is 0 Å². The topological polar surface area (TPSA) is 117 Å². The zero-order chi connectivity index (χ0) is 28.9. The fourth-order valence-corrected chi connectivity index (χ4v) is 6.90. The van der Waals surface area contributed by atoms with Crippen molar-refractivity contribution in [2.75, 3.05) is 13.2 Å². The molecule has 0 amide bonds. The second-order valence-corrected chi connectivity index (χ2v) is 13.3. The number of ether oxygens (including phenoxy) is 3. The molecular formula is C31H33Cl2N3O6. The Morgan fingerprint density at radius 2 is 1.71 bits per heavy atom. The summed E-state index contributed by atoms with van der Waals surface area (Å²) in [5.74, 6) is 1.46.